The maximum atomic E-state index is 12.2. The van der Waals surface area contributed by atoms with Gasteiger partial charge in [0, 0.05) is 20.1 Å². The fraction of sp³-hybridized carbons (Fsp3) is 0.417. The fourth-order valence-electron chi connectivity index (χ4n) is 1.34. The molecule has 0 saturated heterocycles. The second-order valence-corrected chi connectivity index (χ2v) is 6.26. The van der Waals surface area contributed by atoms with E-state index in [-0.39, 0.29) is 6.04 Å². The van der Waals surface area contributed by atoms with Crippen molar-refractivity contribution in [2.24, 2.45) is 0 Å². The molecule has 0 bridgehead atoms. The monoisotopic (exact) mass is 267 g/mol. The van der Waals surface area contributed by atoms with Crippen LogP contribution in [0.4, 0.5) is 5.69 Å². The molecule has 18 heavy (non-hydrogen) atoms. The molecule has 98 valence electrons. The predicted molar refractivity (Wildman–Crippen MR) is 71.4 cm³/mol. The van der Waals surface area contributed by atoms with E-state index in [0.717, 1.165) is 0 Å². The standard InChI is InChI=1S/C12H17N3O2S/c1-10(2)14(3)18(16,17)15(4)12-7-5-11(9-13)6-8-12/h5-8,10H,1-4H3. The zero-order valence-corrected chi connectivity index (χ0v) is 11.8. The van der Waals surface area contributed by atoms with E-state index in [4.69, 9.17) is 5.26 Å². The van der Waals surface area contributed by atoms with Crippen LogP contribution < -0.4 is 4.31 Å². The molecule has 0 aliphatic heterocycles. The lowest BCUT2D eigenvalue weighted by Gasteiger charge is -2.28. The van der Waals surface area contributed by atoms with Crippen LogP contribution in [0.3, 0.4) is 0 Å². The third-order valence-electron chi connectivity index (χ3n) is 2.80. The molecule has 0 aromatic heterocycles. The summed E-state index contributed by atoms with van der Waals surface area (Å²) < 4.78 is 26.9. The van der Waals surface area contributed by atoms with Crippen molar-refractivity contribution < 1.29 is 8.42 Å². The topological polar surface area (TPSA) is 64.4 Å². The summed E-state index contributed by atoms with van der Waals surface area (Å²) in [6.45, 7) is 3.62. The Morgan fingerprint density at radius 2 is 1.67 bits per heavy atom. The summed E-state index contributed by atoms with van der Waals surface area (Å²) in [5, 5.41) is 8.70. The molecule has 0 radical (unpaired) electrons. The number of nitriles is 1. The summed E-state index contributed by atoms with van der Waals surface area (Å²) in [6, 6.07) is 8.30. The first-order valence-electron chi connectivity index (χ1n) is 5.52. The third-order valence-corrected chi connectivity index (χ3v) is 4.85. The Morgan fingerprint density at radius 3 is 2.06 bits per heavy atom. The quantitative estimate of drug-likeness (QED) is 0.832. The maximum absolute atomic E-state index is 12.2. The molecule has 6 heteroatoms. The minimum absolute atomic E-state index is 0.115. The van der Waals surface area contributed by atoms with Gasteiger partial charge in [-0.1, -0.05) is 0 Å². The molecule has 0 atom stereocenters. The van der Waals surface area contributed by atoms with E-state index in [2.05, 4.69) is 0 Å². The first-order chi connectivity index (χ1) is 8.30. The lowest BCUT2D eigenvalue weighted by atomic mass is 10.2. The van der Waals surface area contributed by atoms with Crippen molar-refractivity contribution >= 4 is 15.9 Å². The van der Waals surface area contributed by atoms with Crippen LogP contribution in [0.2, 0.25) is 0 Å². The molecule has 0 unspecified atom stereocenters. The van der Waals surface area contributed by atoms with Gasteiger partial charge in [0.1, 0.15) is 0 Å². The van der Waals surface area contributed by atoms with E-state index in [9.17, 15) is 8.42 Å². The minimum atomic E-state index is -3.53. The van der Waals surface area contributed by atoms with Gasteiger partial charge >= 0.3 is 10.2 Å². The highest BCUT2D eigenvalue weighted by Gasteiger charge is 2.25. The van der Waals surface area contributed by atoms with Crippen LogP contribution in [0.1, 0.15) is 19.4 Å². The molecule has 1 aromatic carbocycles. The smallest absolute Gasteiger partial charge is 0.261 e. The molecule has 0 amide bonds. The Morgan fingerprint density at radius 1 is 1.17 bits per heavy atom. The van der Waals surface area contributed by atoms with Gasteiger partial charge in [0.25, 0.3) is 0 Å². The molecular formula is C12H17N3O2S. The number of anilines is 1. The van der Waals surface area contributed by atoms with Crippen LogP contribution in [0.25, 0.3) is 0 Å². The van der Waals surface area contributed by atoms with Crippen LogP contribution in [-0.4, -0.2) is 32.9 Å². The Bertz CT molecular complexity index is 544. The first-order valence-corrected chi connectivity index (χ1v) is 6.92. The lowest BCUT2D eigenvalue weighted by Crippen LogP contribution is -2.43. The van der Waals surface area contributed by atoms with Crippen molar-refractivity contribution in [3.8, 4) is 6.07 Å². The summed E-state index contributed by atoms with van der Waals surface area (Å²) in [6.07, 6.45) is 0. The number of benzene rings is 1. The van der Waals surface area contributed by atoms with Crippen molar-refractivity contribution in [3.05, 3.63) is 29.8 Å². The first kappa shape index (κ1) is 14.5. The van der Waals surface area contributed by atoms with Gasteiger partial charge in [-0.3, -0.25) is 4.31 Å². The average molecular weight is 267 g/mol. The summed E-state index contributed by atoms with van der Waals surface area (Å²) >= 11 is 0. The summed E-state index contributed by atoms with van der Waals surface area (Å²) in [7, 11) is -0.490. The molecule has 5 nitrogen and oxygen atoms in total. The molecule has 0 saturated carbocycles. The summed E-state index contributed by atoms with van der Waals surface area (Å²) in [5.41, 5.74) is 1.03. The van der Waals surface area contributed by atoms with Gasteiger partial charge in [-0.15, -0.1) is 0 Å². The number of nitrogens with zero attached hydrogens (tertiary/aromatic N) is 3. The molecule has 0 aliphatic carbocycles. The zero-order valence-electron chi connectivity index (χ0n) is 11.0. The minimum Gasteiger partial charge on any atom is -0.261 e. The highest BCUT2D eigenvalue weighted by molar-refractivity contribution is 7.90. The number of hydrogen-bond acceptors (Lipinski definition) is 3. The summed E-state index contributed by atoms with van der Waals surface area (Å²) in [4.78, 5) is 0. The Labute approximate surface area is 108 Å². The van der Waals surface area contributed by atoms with Crippen LogP contribution in [0.5, 0.6) is 0 Å². The second-order valence-electron chi connectivity index (χ2n) is 4.24. The molecule has 0 N–H and O–H groups in total. The Balaban J connectivity index is 3.06. The van der Waals surface area contributed by atoms with Gasteiger partial charge in [-0.25, -0.2) is 0 Å². The number of rotatable bonds is 4. The van der Waals surface area contributed by atoms with Crippen molar-refractivity contribution in [1.29, 1.82) is 5.26 Å². The van der Waals surface area contributed by atoms with E-state index in [0.29, 0.717) is 11.3 Å². The average Bonchev–Trinajstić information content (AvgIpc) is 2.36. The van der Waals surface area contributed by atoms with Crippen LogP contribution in [0, 0.1) is 11.3 Å². The molecule has 0 heterocycles. The predicted octanol–water partition coefficient (Wildman–Crippen LogP) is 1.58. The van der Waals surface area contributed by atoms with Crippen molar-refractivity contribution in [1.82, 2.24) is 4.31 Å². The molecule has 1 aromatic rings. The lowest BCUT2D eigenvalue weighted by molar-refractivity contribution is 0.409. The van der Waals surface area contributed by atoms with E-state index < -0.39 is 10.2 Å². The van der Waals surface area contributed by atoms with E-state index >= 15 is 0 Å². The second kappa shape index (κ2) is 5.38. The van der Waals surface area contributed by atoms with Crippen molar-refractivity contribution in [2.75, 3.05) is 18.4 Å². The highest BCUT2D eigenvalue weighted by Crippen LogP contribution is 2.19. The Kier molecular flexibility index (Phi) is 4.33. The maximum Gasteiger partial charge on any atom is 0.303 e. The van der Waals surface area contributed by atoms with Gasteiger partial charge in [-0.05, 0) is 38.1 Å². The molecule has 1 rings (SSSR count). The molecule has 0 fully saturated rings. The van der Waals surface area contributed by atoms with Gasteiger partial charge in [0.2, 0.25) is 0 Å². The largest absolute Gasteiger partial charge is 0.303 e. The van der Waals surface area contributed by atoms with E-state index in [1.807, 2.05) is 19.9 Å². The van der Waals surface area contributed by atoms with Crippen molar-refractivity contribution in [2.45, 2.75) is 19.9 Å². The van der Waals surface area contributed by atoms with E-state index in [1.54, 1.807) is 31.3 Å². The summed E-state index contributed by atoms with van der Waals surface area (Å²) in [5.74, 6) is 0. The normalized spacial score (nSPS) is 11.6. The SMILES string of the molecule is CC(C)N(C)S(=O)(=O)N(C)c1ccc(C#N)cc1. The van der Waals surface area contributed by atoms with Crippen LogP contribution in [-0.2, 0) is 10.2 Å². The molecular weight excluding hydrogens is 250 g/mol. The highest BCUT2D eigenvalue weighted by atomic mass is 32.2. The van der Waals surface area contributed by atoms with Crippen LogP contribution >= 0.6 is 0 Å². The van der Waals surface area contributed by atoms with Gasteiger partial charge in [-0.2, -0.15) is 18.0 Å². The third kappa shape index (κ3) is 2.81. The fourth-order valence-corrected chi connectivity index (χ4v) is 2.65. The van der Waals surface area contributed by atoms with Gasteiger partial charge in [0.05, 0.1) is 17.3 Å². The Hall–Kier alpha value is -1.58. The van der Waals surface area contributed by atoms with Crippen LogP contribution in [0.15, 0.2) is 24.3 Å². The van der Waals surface area contributed by atoms with Crippen molar-refractivity contribution in [3.63, 3.8) is 0 Å². The van der Waals surface area contributed by atoms with E-state index in [1.165, 1.54) is 15.7 Å². The molecule has 0 spiro atoms. The van der Waals surface area contributed by atoms with Gasteiger partial charge in [0.15, 0.2) is 0 Å². The zero-order chi connectivity index (χ0) is 13.9. The number of hydrogen-bond donors (Lipinski definition) is 0. The molecule has 0 aliphatic rings. The van der Waals surface area contributed by atoms with Gasteiger partial charge < -0.3 is 0 Å².